The Balaban J connectivity index is 2.41. The number of rotatable bonds is 6. The van der Waals surface area contributed by atoms with Crippen molar-refractivity contribution in [3.8, 4) is 0 Å². The number of aryl methyl sites for hydroxylation is 1. The molecule has 0 spiro atoms. The zero-order valence-corrected chi connectivity index (χ0v) is 10.7. The van der Waals surface area contributed by atoms with Crippen LogP contribution in [-0.4, -0.2) is 40.0 Å². The fraction of sp³-hybridized carbons (Fsp3) is 0.364. The van der Waals surface area contributed by atoms with Crippen LogP contribution in [0.2, 0.25) is 0 Å². The summed E-state index contributed by atoms with van der Waals surface area (Å²) in [5, 5.41) is 11.0. The van der Waals surface area contributed by atoms with E-state index in [-0.39, 0.29) is 11.3 Å². The third kappa shape index (κ3) is 4.62. The predicted octanol–water partition coefficient (Wildman–Crippen LogP) is 0.231. The second-order valence-electron chi connectivity index (χ2n) is 3.59. The summed E-state index contributed by atoms with van der Waals surface area (Å²) < 4.78 is 0. The third-order valence-corrected chi connectivity index (χ3v) is 3.00. The Bertz CT molecular complexity index is 498. The van der Waals surface area contributed by atoms with E-state index in [2.05, 4.69) is 10.3 Å². The van der Waals surface area contributed by atoms with Crippen molar-refractivity contribution in [3.63, 3.8) is 0 Å². The summed E-state index contributed by atoms with van der Waals surface area (Å²) in [6.07, 6.45) is 0. The molecule has 1 aromatic rings. The van der Waals surface area contributed by atoms with Crippen LogP contribution in [0.15, 0.2) is 16.9 Å². The molecule has 0 aliphatic heterocycles. The lowest BCUT2D eigenvalue weighted by molar-refractivity contribution is -0.133. The van der Waals surface area contributed by atoms with Gasteiger partial charge < -0.3 is 15.4 Å². The minimum atomic E-state index is -0.888. The van der Waals surface area contributed by atoms with Crippen LogP contribution in [0.1, 0.15) is 16.1 Å². The van der Waals surface area contributed by atoms with Crippen LogP contribution in [0.4, 0.5) is 0 Å². The zero-order valence-electron chi connectivity index (χ0n) is 9.86. The van der Waals surface area contributed by atoms with E-state index < -0.39 is 17.4 Å². The van der Waals surface area contributed by atoms with E-state index in [0.29, 0.717) is 18.0 Å². The minimum Gasteiger partial charge on any atom is -0.481 e. The number of hydrogen-bond acceptors (Lipinski definition) is 4. The Morgan fingerprint density at radius 1 is 1.44 bits per heavy atom. The average molecular weight is 270 g/mol. The molecule has 3 N–H and O–H groups in total. The number of carbonyl (C=O) groups is 2. The highest BCUT2D eigenvalue weighted by Gasteiger charge is 2.09. The number of carboxylic acids is 1. The van der Waals surface area contributed by atoms with Gasteiger partial charge in [-0.3, -0.25) is 14.4 Å². The topological polar surface area (TPSA) is 99.3 Å². The molecule has 18 heavy (non-hydrogen) atoms. The average Bonchev–Trinajstić information content (AvgIpc) is 2.27. The highest BCUT2D eigenvalue weighted by Crippen LogP contribution is 1.98. The zero-order chi connectivity index (χ0) is 13.5. The van der Waals surface area contributed by atoms with E-state index in [0.717, 1.165) is 0 Å². The number of carboxylic acid groups (broad SMARTS) is 1. The number of nitrogens with one attached hydrogen (secondary N) is 2. The van der Waals surface area contributed by atoms with Gasteiger partial charge in [-0.25, -0.2) is 0 Å². The summed E-state index contributed by atoms with van der Waals surface area (Å²) in [7, 11) is 0. The Labute approximate surface area is 108 Å². The quantitative estimate of drug-likeness (QED) is 0.643. The van der Waals surface area contributed by atoms with Crippen molar-refractivity contribution in [2.24, 2.45) is 0 Å². The number of aromatic nitrogens is 1. The lowest BCUT2D eigenvalue weighted by atomic mass is 10.2. The van der Waals surface area contributed by atoms with Gasteiger partial charge in [-0.15, -0.1) is 11.8 Å². The first-order valence-corrected chi connectivity index (χ1v) is 6.44. The molecule has 0 unspecified atom stereocenters. The van der Waals surface area contributed by atoms with Crippen LogP contribution >= 0.6 is 11.8 Å². The van der Waals surface area contributed by atoms with Crippen molar-refractivity contribution in [1.29, 1.82) is 0 Å². The normalized spacial score (nSPS) is 10.1. The van der Waals surface area contributed by atoms with Crippen molar-refractivity contribution in [3.05, 3.63) is 33.7 Å². The monoisotopic (exact) mass is 270 g/mol. The van der Waals surface area contributed by atoms with Crippen LogP contribution in [0.3, 0.4) is 0 Å². The highest BCUT2D eigenvalue weighted by molar-refractivity contribution is 7.99. The molecule has 0 radical (unpaired) electrons. The van der Waals surface area contributed by atoms with Gasteiger partial charge >= 0.3 is 5.97 Å². The first-order valence-electron chi connectivity index (χ1n) is 5.28. The van der Waals surface area contributed by atoms with E-state index in [9.17, 15) is 14.4 Å². The molecule has 0 saturated heterocycles. The summed E-state index contributed by atoms with van der Waals surface area (Å²) in [6.45, 7) is 2.05. The molecule has 1 aromatic heterocycles. The van der Waals surface area contributed by atoms with Gasteiger partial charge in [-0.1, -0.05) is 0 Å². The molecule has 0 aliphatic rings. The van der Waals surface area contributed by atoms with Crippen LogP contribution < -0.4 is 10.9 Å². The van der Waals surface area contributed by atoms with Gasteiger partial charge in [0.2, 0.25) is 0 Å². The molecule has 7 heteroatoms. The van der Waals surface area contributed by atoms with E-state index in [4.69, 9.17) is 5.11 Å². The molecule has 98 valence electrons. The van der Waals surface area contributed by atoms with Crippen LogP contribution in [-0.2, 0) is 4.79 Å². The van der Waals surface area contributed by atoms with E-state index in [1.807, 2.05) is 0 Å². The third-order valence-electron chi connectivity index (χ3n) is 2.06. The Hall–Kier alpha value is -1.76. The van der Waals surface area contributed by atoms with Crippen molar-refractivity contribution >= 4 is 23.6 Å². The molecule has 6 nitrogen and oxygen atoms in total. The van der Waals surface area contributed by atoms with Crippen LogP contribution in [0.25, 0.3) is 0 Å². The number of thioether (sulfide) groups is 1. The molecule has 1 rings (SSSR count). The second-order valence-corrected chi connectivity index (χ2v) is 4.69. The van der Waals surface area contributed by atoms with Gasteiger partial charge in [-0.05, 0) is 19.1 Å². The van der Waals surface area contributed by atoms with Gasteiger partial charge in [0, 0.05) is 18.0 Å². The van der Waals surface area contributed by atoms with Gasteiger partial charge in [0.15, 0.2) is 0 Å². The molecule has 0 aromatic carbocycles. The maximum atomic E-state index is 11.6. The number of carbonyl (C=O) groups excluding carboxylic acids is 1. The second kappa shape index (κ2) is 6.85. The Morgan fingerprint density at radius 2 is 2.17 bits per heavy atom. The number of H-pyrrole nitrogens is 1. The standard InChI is InChI=1S/C11H14N2O4S/c1-7-2-3-8(11(17)13-7)10(16)12-4-5-18-6-9(14)15/h2-3H,4-6H2,1H3,(H,12,16)(H,13,17)(H,14,15). The molecule has 0 fully saturated rings. The summed E-state index contributed by atoms with van der Waals surface area (Å²) in [6, 6.07) is 3.11. The SMILES string of the molecule is Cc1ccc(C(=O)NCCSCC(=O)O)c(=O)[nH]1. The molecule has 0 bridgehead atoms. The number of aliphatic carboxylic acids is 1. The molecule has 0 saturated carbocycles. The van der Waals surface area contributed by atoms with E-state index >= 15 is 0 Å². The maximum absolute atomic E-state index is 11.6. The number of hydrogen-bond donors (Lipinski definition) is 3. The summed E-state index contributed by atoms with van der Waals surface area (Å²) >= 11 is 1.20. The minimum absolute atomic E-state index is 0.000978. The number of amides is 1. The summed E-state index contributed by atoms with van der Waals surface area (Å²) in [5.74, 6) is -0.850. The van der Waals surface area contributed by atoms with Gasteiger partial charge in [-0.2, -0.15) is 0 Å². The van der Waals surface area contributed by atoms with Gasteiger partial charge in [0.05, 0.1) is 5.75 Å². The maximum Gasteiger partial charge on any atom is 0.313 e. The number of pyridine rings is 1. The molecule has 1 heterocycles. The molecule has 1 amide bonds. The van der Waals surface area contributed by atoms with E-state index in [1.54, 1.807) is 13.0 Å². The van der Waals surface area contributed by atoms with Crippen LogP contribution in [0, 0.1) is 6.92 Å². The molecule has 0 aliphatic carbocycles. The molecular formula is C11H14N2O4S. The van der Waals surface area contributed by atoms with Gasteiger partial charge in [0.25, 0.3) is 11.5 Å². The van der Waals surface area contributed by atoms with Crippen molar-refractivity contribution in [1.82, 2.24) is 10.3 Å². The predicted molar refractivity (Wildman–Crippen MR) is 69.1 cm³/mol. The Kier molecular flexibility index (Phi) is 5.44. The Morgan fingerprint density at radius 3 is 2.78 bits per heavy atom. The molecular weight excluding hydrogens is 256 g/mol. The van der Waals surface area contributed by atoms with Crippen LogP contribution in [0.5, 0.6) is 0 Å². The number of aromatic amines is 1. The first-order chi connectivity index (χ1) is 8.50. The fourth-order valence-corrected chi connectivity index (χ4v) is 1.81. The smallest absolute Gasteiger partial charge is 0.313 e. The lowest BCUT2D eigenvalue weighted by Crippen LogP contribution is -2.31. The fourth-order valence-electron chi connectivity index (χ4n) is 1.24. The summed E-state index contributed by atoms with van der Waals surface area (Å²) in [5.41, 5.74) is 0.322. The van der Waals surface area contributed by atoms with E-state index in [1.165, 1.54) is 17.8 Å². The lowest BCUT2D eigenvalue weighted by Gasteiger charge is -2.04. The first kappa shape index (κ1) is 14.3. The summed E-state index contributed by atoms with van der Waals surface area (Å²) in [4.78, 5) is 35.9. The highest BCUT2D eigenvalue weighted by atomic mass is 32.2. The molecule has 0 atom stereocenters. The largest absolute Gasteiger partial charge is 0.481 e. The van der Waals surface area contributed by atoms with Crippen molar-refractivity contribution < 1.29 is 14.7 Å². The van der Waals surface area contributed by atoms with Gasteiger partial charge in [0.1, 0.15) is 5.56 Å². The van der Waals surface area contributed by atoms with Crippen molar-refractivity contribution in [2.75, 3.05) is 18.1 Å². The van der Waals surface area contributed by atoms with Crippen molar-refractivity contribution in [2.45, 2.75) is 6.92 Å².